The van der Waals surface area contributed by atoms with Gasteiger partial charge >= 0.3 is 12.1 Å². The maximum Gasteiger partial charge on any atom is 0.411 e. The molecule has 0 radical (unpaired) electrons. The van der Waals surface area contributed by atoms with Crippen LogP contribution in [0.25, 0.3) is 11.1 Å². The van der Waals surface area contributed by atoms with Crippen molar-refractivity contribution < 1.29 is 29.3 Å². The molecular weight excluding hydrogens is 448 g/mol. The molecule has 4 rings (SSSR count). The smallest absolute Gasteiger partial charge is 0.411 e. The molecule has 1 unspecified atom stereocenters. The number of ether oxygens (including phenoxy) is 1. The molecule has 180 valence electrons. The molecule has 0 saturated carbocycles. The maximum absolute atomic E-state index is 12.6. The van der Waals surface area contributed by atoms with Gasteiger partial charge in [-0.2, -0.15) is 0 Å². The third-order valence-corrected chi connectivity index (χ3v) is 5.99. The molecule has 2 amide bonds. The number of amides is 2. The molecule has 0 aromatic heterocycles. The van der Waals surface area contributed by atoms with Crippen LogP contribution in [0.5, 0.6) is 0 Å². The molecule has 3 aromatic rings. The normalized spacial score (nSPS) is 12.9. The minimum absolute atomic E-state index is 0.0661. The van der Waals surface area contributed by atoms with Crippen molar-refractivity contribution in [2.75, 3.05) is 18.5 Å². The molecule has 1 aliphatic rings. The molecule has 0 heterocycles. The summed E-state index contributed by atoms with van der Waals surface area (Å²) in [5.41, 5.74) is 5.91. The lowest BCUT2D eigenvalue weighted by atomic mass is 9.98. The van der Waals surface area contributed by atoms with E-state index in [4.69, 9.17) is 9.84 Å². The van der Waals surface area contributed by atoms with Crippen LogP contribution in [0.15, 0.2) is 66.7 Å². The Balaban J connectivity index is 1.39. The minimum Gasteiger partial charge on any atom is -0.481 e. The second-order valence-electron chi connectivity index (χ2n) is 8.44. The summed E-state index contributed by atoms with van der Waals surface area (Å²) in [7, 11) is 0. The summed E-state index contributed by atoms with van der Waals surface area (Å²) in [6, 6.07) is 20.9. The molecule has 0 saturated heterocycles. The van der Waals surface area contributed by atoms with Gasteiger partial charge in [-0.1, -0.05) is 54.6 Å². The van der Waals surface area contributed by atoms with Gasteiger partial charge in [-0.25, -0.2) is 4.79 Å². The van der Waals surface area contributed by atoms with E-state index in [1.807, 2.05) is 36.4 Å². The fraction of sp³-hybridized carbons (Fsp3) is 0.222. The number of hydrogen-bond donors (Lipinski definition) is 4. The minimum atomic E-state index is -1.19. The van der Waals surface area contributed by atoms with E-state index in [-0.39, 0.29) is 24.6 Å². The van der Waals surface area contributed by atoms with Crippen molar-refractivity contribution in [1.82, 2.24) is 5.32 Å². The first kappa shape index (κ1) is 24.0. The van der Waals surface area contributed by atoms with Crippen molar-refractivity contribution in [3.63, 3.8) is 0 Å². The molecule has 1 aliphatic carbocycles. The first-order chi connectivity index (χ1) is 16.8. The van der Waals surface area contributed by atoms with E-state index in [1.165, 1.54) is 6.07 Å². The number of carbonyl (C=O) groups is 3. The molecule has 3 aromatic carbocycles. The number of nitrogens with one attached hydrogen (secondary N) is 2. The summed E-state index contributed by atoms with van der Waals surface area (Å²) in [4.78, 5) is 35.7. The molecule has 35 heavy (non-hydrogen) atoms. The molecule has 0 fully saturated rings. The molecule has 8 nitrogen and oxygen atoms in total. The quantitative estimate of drug-likeness (QED) is 0.392. The number of aliphatic hydroxyl groups excluding tert-OH is 1. The SMILES string of the molecule is Cc1ccc(C(=O)NCC(O)CC(=O)O)cc1NC(=O)OCC1c2ccccc2-c2ccccc21. The van der Waals surface area contributed by atoms with Crippen molar-refractivity contribution in [2.24, 2.45) is 0 Å². The van der Waals surface area contributed by atoms with E-state index in [0.717, 1.165) is 27.8 Å². The highest BCUT2D eigenvalue weighted by atomic mass is 16.5. The number of hydrogen-bond acceptors (Lipinski definition) is 5. The lowest BCUT2D eigenvalue weighted by molar-refractivity contribution is -0.139. The average Bonchev–Trinajstić information content (AvgIpc) is 3.16. The Morgan fingerprint density at radius 1 is 0.971 bits per heavy atom. The maximum atomic E-state index is 12.6. The summed E-state index contributed by atoms with van der Waals surface area (Å²) in [5, 5.41) is 23.5. The molecule has 4 N–H and O–H groups in total. The van der Waals surface area contributed by atoms with Crippen molar-refractivity contribution in [1.29, 1.82) is 0 Å². The van der Waals surface area contributed by atoms with E-state index in [2.05, 4.69) is 22.8 Å². The zero-order valence-corrected chi connectivity index (χ0v) is 19.2. The van der Waals surface area contributed by atoms with E-state index in [0.29, 0.717) is 5.69 Å². The monoisotopic (exact) mass is 474 g/mol. The summed E-state index contributed by atoms with van der Waals surface area (Å²) in [6.07, 6.45) is -2.30. The second kappa shape index (κ2) is 10.4. The Hall–Kier alpha value is -4.17. The zero-order chi connectivity index (χ0) is 24.9. The number of aryl methyl sites for hydroxylation is 1. The number of fused-ring (bicyclic) bond motifs is 3. The summed E-state index contributed by atoms with van der Waals surface area (Å²) < 4.78 is 5.58. The summed E-state index contributed by atoms with van der Waals surface area (Å²) in [5.74, 6) is -1.72. The van der Waals surface area contributed by atoms with Gasteiger partial charge in [0, 0.05) is 23.7 Å². The number of anilines is 1. The van der Waals surface area contributed by atoms with E-state index in [9.17, 15) is 19.5 Å². The van der Waals surface area contributed by atoms with Crippen molar-refractivity contribution in [2.45, 2.75) is 25.4 Å². The van der Waals surface area contributed by atoms with Gasteiger partial charge in [-0.3, -0.25) is 14.9 Å². The van der Waals surface area contributed by atoms with Gasteiger partial charge in [0.1, 0.15) is 6.61 Å². The van der Waals surface area contributed by atoms with Crippen LogP contribution in [0, 0.1) is 6.92 Å². The number of rotatable bonds is 8. The second-order valence-corrected chi connectivity index (χ2v) is 8.44. The van der Waals surface area contributed by atoms with Crippen LogP contribution in [-0.2, 0) is 9.53 Å². The van der Waals surface area contributed by atoms with Crippen molar-refractivity contribution in [3.05, 3.63) is 89.0 Å². The number of aliphatic hydroxyl groups is 1. The highest BCUT2D eigenvalue weighted by Gasteiger charge is 2.29. The fourth-order valence-electron chi connectivity index (χ4n) is 4.23. The predicted molar refractivity (Wildman–Crippen MR) is 130 cm³/mol. The first-order valence-electron chi connectivity index (χ1n) is 11.2. The third-order valence-electron chi connectivity index (χ3n) is 5.99. The Bertz CT molecular complexity index is 1230. The number of carboxylic acids is 1. The Morgan fingerprint density at radius 3 is 2.23 bits per heavy atom. The van der Waals surface area contributed by atoms with Crippen molar-refractivity contribution >= 4 is 23.7 Å². The van der Waals surface area contributed by atoms with E-state index >= 15 is 0 Å². The highest BCUT2D eigenvalue weighted by molar-refractivity contribution is 5.96. The molecule has 0 aliphatic heterocycles. The van der Waals surface area contributed by atoms with Crippen LogP contribution in [0.2, 0.25) is 0 Å². The molecular formula is C27H26N2O6. The van der Waals surface area contributed by atoms with Crippen LogP contribution in [0.4, 0.5) is 10.5 Å². The number of benzene rings is 3. The van der Waals surface area contributed by atoms with Crippen molar-refractivity contribution in [3.8, 4) is 11.1 Å². The van der Waals surface area contributed by atoms with Gasteiger partial charge in [0.05, 0.1) is 12.5 Å². The molecule has 8 heteroatoms. The Kier molecular flexibility index (Phi) is 7.12. The lowest BCUT2D eigenvalue weighted by Gasteiger charge is -2.16. The Labute approximate surface area is 202 Å². The molecule has 1 atom stereocenters. The van der Waals surface area contributed by atoms with Crippen LogP contribution in [-0.4, -0.2) is 47.4 Å². The van der Waals surface area contributed by atoms with E-state index < -0.39 is 30.5 Å². The lowest BCUT2D eigenvalue weighted by Crippen LogP contribution is -2.33. The largest absolute Gasteiger partial charge is 0.481 e. The molecule has 0 spiro atoms. The highest BCUT2D eigenvalue weighted by Crippen LogP contribution is 2.44. The average molecular weight is 475 g/mol. The third kappa shape index (κ3) is 5.50. The summed E-state index contributed by atoms with van der Waals surface area (Å²) in [6.45, 7) is 1.76. The van der Waals surface area contributed by atoms with Crippen LogP contribution < -0.4 is 10.6 Å². The number of carbonyl (C=O) groups excluding carboxylic acids is 2. The van der Waals surface area contributed by atoms with Gasteiger partial charge in [0.2, 0.25) is 0 Å². The van der Waals surface area contributed by atoms with Gasteiger partial charge in [-0.15, -0.1) is 0 Å². The fourth-order valence-corrected chi connectivity index (χ4v) is 4.23. The van der Waals surface area contributed by atoms with E-state index in [1.54, 1.807) is 19.1 Å². The zero-order valence-electron chi connectivity index (χ0n) is 19.2. The van der Waals surface area contributed by atoms with Gasteiger partial charge in [0.25, 0.3) is 5.91 Å². The summed E-state index contributed by atoms with van der Waals surface area (Å²) >= 11 is 0. The first-order valence-corrected chi connectivity index (χ1v) is 11.2. The number of aliphatic carboxylic acids is 1. The Morgan fingerprint density at radius 2 is 1.60 bits per heavy atom. The van der Waals surface area contributed by atoms with Gasteiger partial charge in [0.15, 0.2) is 0 Å². The van der Waals surface area contributed by atoms with Gasteiger partial charge in [-0.05, 0) is 46.9 Å². The van der Waals surface area contributed by atoms with Crippen LogP contribution in [0.3, 0.4) is 0 Å². The number of carboxylic acid groups (broad SMARTS) is 1. The van der Waals surface area contributed by atoms with Crippen LogP contribution >= 0.6 is 0 Å². The van der Waals surface area contributed by atoms with Crippen LogP contribution in [0.1, 0.15) is 39.4 Å². The predicted octanol–water partition coefficient (Wildman–Crippen LogP) is 3.92. The topological polar surface area (TPSA) is 125 Å². The van der Waals surface area contributed by atoms with Gasteiger partial charge < -0.3 is 20.3 Å². The molecule has 0 bridgehead atoms. The standard InChI is InChI=1S/C27H26N2O6/c1-16-10-11-17(26(33)28-14-18(30)13-25(31)32)12-24(16)29-27(34)35-15-23-21-8-4-2-6-19(21)20-7-3-5-9-22(20)23/h2-12,18,23,30H,13-15H2,1H3,(H,28,33)(H,29,34)(H,31,32).